The molecule has 1 aliphatic carbocycles. The second-order valence-electron chi connectivity index (χ2n) is 6.16. The minimum absolute atomic E-state index is 0.631. The Labute approximate surface area is 101 Å². The number of piperidine rings is 1. The summed E-state index contributed by atoms with van der Waals surface area (Å²) < 4.78 is 0. The molecule has 0 aromatic heterocycles. The molecule has 16 heavy (non-hydrogen) atoms. The van der Waals surface area contributed by atoms with E-state index in [1.807, 2.05) is 0 Å². The number of likely N-dealkylation sites (tertiary alicyclic amines) is 1. The summed E-state index contributed by atoms with van der Waals surface area (Å²) in [5.74, 6) is 0. The van der Waals surface area contributed by atoms with Crippen molar-refractivity contribution in [3.05, 3.63) is 0 Å². The van der Waals surface area contributed by atoms with Crippen LogP contribution in [0.2, 0.25) is 0 Å². The molecular formula is C14H28N2. The van der Waals surface area contributed by atoms with Gasteiger partial charge in [0.2, 0.25) is 0 Å². The van der Waals surface area contributed by atoms with Gasteiger partial charge in [-0.1, -0.05) is 26.7 Å². The molecule has 2 aliphatic rings. The molecule has 2 heteroatoms. The van der Waals surface area contributed by atoms with E-state index in [1.165, 1.54) is 58.2 Å². The van der Waals surface area contributed by atoms with Crippen molar-refractivity contribution in [1.82, 2.24) is 10.2 Å². The maximum absolute atomic E-state index is 3.51. The maximum atomic E-state index is 3.51. The van der Waals surface area contributed by atoms with E-state index in [0.29, 0.717) is 6.04 Å². The standard InChI is InChI=1S/C14H28N2/c1-13(2)15-9-12-16-10-7-14(8-11-16)5-3-4-6-14/h13,15H,3-12H2,1-2H3. The molecule has 0 amide bonds. The second-order valence-corrected chi connectivity index (χ2v) is 6.16. The number of hydrogen-bond donors (Lipinski definition) is 1. The van der Waals surface area contributed by atoms with E-state index in [0.717, 1.165) is 12.0 Å². The van der Waals surface area contributed by atoms with Gasteiger partial charge in [0.25, 0.3) is 0 Å². The van der Waals surface area contributed by atoms with Crippen LogP contribution in [0.4, 0.5) is 0 Å². The first-order valence-electron chi connectivity index (χ1n) is 7.16. The Morgan fingerprint density at radius 3 is 2.25 bits per heavy atom. The van der Waals surface area contributed by atoms with Gasteiger partial charge in [0, 0.05) is 19.1 Å². The van der Waals surface area contributed by atoms with Gasteiger partial charge in [-0.05, 0) is 44.2 Å². The molecule has 2 fully saturated rings. The molecule has 0 radical (unpaired) electrons. The molecular weight excluding hydrogens is 196 g/mol. The molecule has 0 bridgehead atoms. The van der Waals surface area contributed by atoms with Crippen molar-refractivity contribution < 1.29 is 0 Å². The number of nitrogens with one attached hydrogen (secondary N) is 1. The molecule has 0 aromatic carbocycles. The minimum Gasteiger partial charge on any atom is -0.313 e. The quantitative estimate of drug-likeness (QED) is 0.790. The first-order chi connectivity index (χ1) is 7.70. The zero-order valence-corrected chi connectivity index (χ0v) is 11.1. The lowest BCUT2D eigenvalue weighted by atomic mass is 9.77. The van der Waals surface area contributed by atoms with Crippen LogP contribution in [0.1, 0.15) is 52.4 Å². The second kappa shape index (κ2) is 5.50. The third-order valence-corrected chi connectivity index (χ3v) is 4.56. The summed E-state index contributed by atoms with van der Waals surface area (Å²) in [5, 5.41) is 3.51. The van der Waals surface area contributed by atoms with E-state index >= 15 is 0 Å². The largest absolute Gasteiger partial charge is 0.313 e. The summed E-state index contributed by atoms with van der Waals surface area (Å²) in [6.45, 7) is 9.55. The van der Waals surface area contributed by atoms with Crippen molar-refractivity contribution in [2.45, 2.75) is 58.4 Å². The van der Waals surface area contributed by atoms with Gasteiger partial charge in [-0.3, -0.25) is 0 Å². The highest BCUT2D eigenvalue weighted by Crippen LogP contribution is 2.45. The summed E-state index contributed by atoms with van der Waals surface area (Å²) >= 11 is 0. The van der Waals surface area contributed by atoms with E-state index in [-0.39, 0.29) is 0 Å². The van der Waals surface area contributed by atoms with Crippen LogP contribution >= 0.6 is 0 Å². The van der Waals surface area contributed by atoms with Crippen LogP contribution in [0.25, 0.3) is 0 Å². The smallest absolute Gasteiger partial charge is 0.0107 e. The van der Waals surface area contributed by atoms with Crippen LogP contribution in [-0.4, -0.2) is 37.1 Å². The van der Waals surface area contributed by atoms with Crippen LogP contribution in [0, 0.1) is 5.41 Å². The van der Waals surface area contributed by atoms with Crippen LogP contribution < -0.4 is 5.32 Å². The monoisotopic (exact) mass is 224 g/mol. The van der Waals surface area contributed by atoms with Crippen LogP contribution in [0.5, 0.6) is 0 Å². The third-order valence-electron chi connectivity index (χ3n) is 4.56. The maximum Gasteiger partial charge on any atom is 0.0107 e. The van der Waals surface area contributed by atoms with Gasteiger partial charge >= 0.3 is 0 Å². The highest BCUT2D eigenvalue weighted by Gasteiger charge is 2.36. The highest BCUT2D eigenvalue weighted by molar-refractivity contribution is 4.89. The fourth-order valence-corrected chi connectivity index (χ4v) is 3.39. The van der Waals surface area contributed by atoms with Crippen molar-refractivity contribution in [3.8, 4) is 0 Å². The SMILES string of the molecule is CC(C)NCCN1CCC2(CCCC2)CC1. The molecule has 0 atom stereocenters. The average molecular weight is 224 g/mol. The summed E-state index contributed by atoms with van der Waals surface area (Å²) in [4.78, 5) is 2.65. The lowest BCUT2D eigenvalue weighted by molar-refractivity contribution is 0.109. The number of hydrogen-bond acceptors (Lipinski definition) is 2. The highest BCUT2D eigenvalue weighted by atomic mass is 15.1. The summed E-state index contributed by atoms with van der Waals surface area (Å²) in [6, 6.07) is 0.631. The summed E-state index contributed by atoms with van der Waals surface area (Å²) in [6.07, 6.45) is 8.96. The molecule has 2 nitrogen and oxygen atoms in total. The molecule has 0 aromatic rings. The Balaban J connectivity index is 1.65. The van der Waals surface area contributed by atoms with Gasteiger partial charge in [0.15, 0.2) is 0 Å². The minimum atomic E-state index is 0.631. The number of nitrogens with zero attached hydrogens (tertiary/aromatic N) is 1. The first kappa shape index (κ1) is 12.4. The van der Waals surface area contributed by atoms with E-state index in [4.69, 9.17) is 0 Å². The predicted octanol–water partition coefficient (Wildman–Crippen LogP) is 2.64. The van der Waals surface area contributed by atoms with Gasteiger partial charge in [-0.15, -0.1) is 0 Å². The van der Waals surface area contributed by atoms with Crippen molar-refractivity contribution in [3.63, 3.8) is 0 Å². The van der Waals surface area contributed by atoms with Crippen LogP contribution in [0.15, 0.2) is 0 Å². The van der Waals surface area contributed by atoms with Crippen LogP contribution in [-0.2, 0) is 0 Å². The zero-order chi connectivity index (χ0) is 11.4. The van der Waals surface area contributed by atoms with E-state index in [9.17, 15) is 0 Å². The Morgan fingerprint density at radius 1 is 1.06 bits per heavy atom. The normalized spacial score (nSPS) is 25.7. The van der Waals surface area contributed by atoms with Crippen molar-refractivity contribution in [1.29, 1.82) is 0 Å². The summed E-state index contributed by atoms with van der Waals surface area (Å²) in [5.41, 5.74) is 0.780. The van der Waals surface area contributed by atoms with Gasteiger partial charge in [0.05, 0.1) is 0 Å². The fourth-order valence-electron chi connectivity index (χ4n) is 3.39. The third kappa shape index (κ3) is 3.21. The molecule has 1 spiro atoms. The van der Waals surface area contributed by atoms with Crippen molar-refractivity contribution in [2.24, 2.45) is 5.41 Å². The molecule has 94 valence electrons. The van der Waals surface area contributed by atoms with Crippen LogP contribution in [0.3, 0.4) is 0 Å². The van der Waals surface area contributed by atoms with Crippen molar-refractivity contribution >= 4 is 0 Å². The molecule has 1 heterocycles. The van der Waals surface area contributed by atoms with E-state index in [2.05, 4.69) is 24.1 Å². The van der Waals surface area contributed by atoms with Gasteiger partial charge < -0.3 is 10.2 Å². The van der Waals surface area contributed by atoms with Gasteiger partial charge in [0.1, 0.15) is 0 Å². The molecule has 1 aliphatic heterocycles. The molecule has 1 saturated carbocycles. The Morgan fingerprint density at radius 2 is 1.69 bits per heavy atom. The zero-order valence-electron chi connectivity index (χ0n) is 11.1. The van der Waals surface area contributed by atoms with E-state index in [1.54, 1.807) is 0 Å². The summed E-state index contributed by atoms with van der Waals surface area (Å²) in [7, 11) is 0. The fraction of sp³-hybridized carbons (Fsp3) is 1.00. The van der Waals surface area contributed by atoms with Crippen molar-refractivity contribution in [2.75, 3.05) is 26.2 Å². The molecule has 1 N–H and O–H groups in total. The van der Waals surface area contributed by atoms with Gasteiger partial charge in [-0.2, -0.15) is 0 Å². The Bertz CT molecular complexity index is 197. The lowest BCUT2D eigenvalue weighted by Crippen LogP contribution is -2.42. The Kier molecular flexibility index (Phi) is 4.26. The van der Waals surface area contributed by atoms with E-state index < -0.39 is 0 Å². The van der Waals surface area contributed by atoms with Gasteiger partial charge in [-0.25, -0.2) is 0 Å². The average Bonchev–Trinajstić information content (AvgIpc) is 2.70. The predicted molar refractivity (Wildman–Crippen MR) is 69.7 cm³/mol. The lowest BCUT2D eigenvalue weighted by Gasteiger charge is -2.39. The molecule has 0 unspecified atom stereocenters. The Hall–Kier alpha value is -0.0800. The molecule has 2 rings (SSSR count). The first-order valence-corrected chi connectivity index (χ1v) is 7.16. The topological polar surface area (TPSA) is 15.3 Å². The number of rotatable bonds is 4. The molecule has 1 saturated heterocycles.